The molecule has 1 aliphatic rings. The lowest BCUT2D eigenvalue weighted by molar-refractivity contribution is -0.00154. The Bertz CT molecular complexity index is 655. The Morgan fingerprint density at radius 3 is 2.52 bits per heavy atom. The first-order chi connectivity index (χ1) is 11.6. The van der Waals surface area contributed by atoms with Crippen molar-refractivity contribution in [3.63, 3.8) is 0 Å². The Labute approximate surface area is 156 Å². The number of methoxy groups -OCH3 is 1. The van der Waals surface area contributed by atoms with Crippen LogP contribution in [0.1, 0.15) is 49.0 Å². The molecule has 6 nitrogen and oxygen atoms in total. The van der Waals surface area contributed by atoms with E-state index in [0.717, 1.165) is 5.56 Å². The maximum Gasteiger partial charge on any atom is 0.410 e. The van der Waals surface area contributed by atoms with E-state index in [0.29, 0.717) is 23.0 Å². The lowest BCUT2D eigenvalue weighted by atomic mass is 9.87. The smallest absolute Gasteiger partial charge is 0.410 e. The van der Waals surface area contributed by atoms with Gasteiger partial charge in [0.1, 0.15) is 5.60 Å². The van der Waals surface area contributed by atoms with Crippen molar-refractivity contribution in [2.45, 2.75) is 44.8 Å². The Kier molecular flexibility index (Phi) is 6.11. The second kappa shape index (κ2) is 7.74. The molecule has 1 saturated heterocycles. The Balaban J connectivity index is 2.08. The molecule has 7 heteroatoms. The first-order valence-corrected chi connectivity index (χ1v) is 8.95. The predicted octanol–water partition coefficient (Wildman–Crippen LogP) is 3.32. The summed E-state index contributed by atoms with van der Waals surface area (Å²) in [7, 11) is 1.33. The van der Waals surface area contributed by atoms with Crippen molar-refractivity contribution in [1.82, 2.24) is 4.90 Å². The van der Waals surface area contributed by atoms with Gasteiger partial charge in [0, 0.05) is 16.9 Å². The predicted molar refractivity (Wildman–Crippen MR) is 96.7 cm³/mol. The van der Waals surface area contributed by atoms with E-state index in [4.69, 9.17) is 9.47 Å². The number of ether oxygens (including phenoxy) is 2. The minimum atomic E-state index is -0.697. The van der Waals surface area contributed by atoms with Crippen LogP contribution in [0.4, 0.5) is 4.79 Å². The van der Waals surface area contributed by atoms with E-state index in [1.165, 1.54) is 12.0 Å². The van der Waals surface area contributed by atoms with Gasteiger partial charge < -0.3 is 19.5 Å². The highest BCUT2D eigenvalue weighted by molar-refractivity contribution is 9.10. The molecule has 0 aliphatic carbocycles. The fraction of sp³-hybridized carbons (Fsp3) is 0.556. The highest BCUT2D eigenvalue weighted by Crippen LogP contribution is 2.32. The van der Waals surface area contributed by atoms with Gasteiger partial charge in [-0.15, -0.1) is 0 Å². The third kappa shape index (κ3) is 4.95. The van der Waals surface area contributed by atoms with Crippen LogP contribution in [0.25, 0.3) is 0 Å². The number of hydrogen-bond acceptors (Lipinski definition) is 5. The van der Waals surface area contributed by atoms with E-state index < -0.39 is 23.8 Å². The average molecular weight is 414 g/mol. The van der Waals surface area contributed by atoms with Gasteiger partial charge >= 0.3 is 12.1 Å². The van der Waals surface area contributed by atoms with Crippen LogP contribution >= 0.6 is 15.9 Å². The highest BCUT2D eigenvalue weighted by Gasteiger charge is 2.33. The van der Waals surface area contributed by atoms with Crippen molar-refractivity contribution in [1.29, 1.82) is 0 Å². The molecule has 1 fully saturated rings. The zero-order valence-electron chi connectivity index (χ0n) is 14.9. The van der Waals surface area contributed by atoms with Gasteiger partial charge in [-0.2, -0.15) is 0 Å². The second-order valence-corrected chi connectivity index (χ2v) is 7.97. The quantitative estimate of drug-likeness (QED) is 0.752. The summed E-state index contributed by atoms with van der Waals surface area (Å²) in [5.41, 5.74) is 0.788. The number of β-amino-alcohol motifs (C(OH)–C–C–N with tert-alkyl or cyclic N) is 1. The number of hydrogen-bond donors (Lipinski definition) is 1. The molecule has 0 aromatic heterocycles. The van der Waals surface area contributed by atoms with Crippen LogP contribution in [0.3, 0.4) is 0 Å². The van der Waals surface area contributed by atoms with Gasteiger partial charge in [-0.3, -0.25) is 0 Å². The van der Waals surface area contributed by atoms with Crippen LogP contribution in [0.5, 0.6) is 0 Å². The number of carbonyl (C=O) groups is 2. The summed E-state index contributed by atoms with van der Waals surface area (Å²) in [6, 6.07) is 5.32. The van der Waals surface area contributed by atoms with Crippen molar-refractivity contribution >= 4 is 28.0 Å². The fourth-order valence-corrected chi connectivity index (χ4v) is 3.41. The topological polar surface area (TPSA) is 76.1 Å². The Hall–Kier alpha value is -1.60. The van der Waals surface area contributed by atoms with Gasteiger partial charge in [0.05, 0.1) is 25.3 Å². The monoisotopic (exact) mass is 413 g/mol. The first-order valence-electron chi connectivity index (χ1n) is 8.16. The van der Waals surface area contributed by atoms with E-state index in [-0.39, 0.29) is 12.5 Å². The molecule has 25 heavy (non-hydrogen) atoms. The van der Waals surface area contributed by atoms with Crippen LogP contribution < -0.4 is 0 Å². The minimum Gasteiger partial charge on any atom is -0.465 e. The van der Waals surface area contributed by atoms with Crippen molar-refractivity contribution in [2.24, 2.45) is 0 Å². The molecule has 0 bridgehead atoms. The Morgan fingerprint density at radius 1 is 1.32 bits per heavy atom. The van der Waals surface area contributed by atoms with E-state index in [9.17, 15) is 14.7 Å². The summed E-state index contributed by atoms with van der Waals surface area (Å²) in [5, 5.41) is 10.5. The molecule has 0 saturated carbocycles. The van der Waals surface area contributed by atoms with E-state index in [2.05, 4.69) is 15.9 Å². The maximum absolute atomic E-state index is 12.1. The van der Waals surface area contributed by atoms with Gasteiger partial charge in [0.25, 0.3) is 0 Å². The number of esters is 1. The number of rotatable bonds is 2. The Morgan fingerprint density at radius 2 is 2.00 bits per heavy atom. The maximum atomic E-state index is 12.1. The molecule has 1 N–H and O–H groups in total. The summed E-state index contributed by atoms with van der Waals surface area (Å²) < 4.78 is 10.7. The number of benzene rings is 1. The summed E-state index contributed by atoms with van der Waals surface area (Å²) in [6.45, 7) is 6.17. The largest absolute Gasteiger partial charge is 0.465 e. The van der Waals surface area contributed by atoms with Gasteiger partial charge in [-0.1, -0.05) is 6.07 Å². The zero-order valence-corrected chi connectivity index (χ0v) is 16.5. The van der Waals surface area contributed by atoms with Crippen molar-refractivity contribution in [3.05, 3.63) is 33.8 Å². The molecule has 2 rings (SSSR count). The van der Waals surface area contributed by atoms with Gasteiger partial charge in [0.2, 0.25) is 0 Å². The van der Waals surface area contributed by atoms with Gasteiger partial charge in [-0.25, -0.2) is 9.59 Å². The van der Waals surface area contributed by atoms with Crippen molar-refractivity contribution in [3.8, 4) is 0 Å². The van der Waals surface area contributed by atoms with Crippen molar-refractivity contribution < 1.29 is 24.2 Å². The number of nitrogens with zero attached hydrogens (tertiary/aromatic N) is 1. The van der Waals surface area contributed by atoms with E-state index in [1.54, 1.807) is 6.07 Å². The molecule has 1 aromatic carbocycles. The third-order valence-corrected chi connectivity index (χ3v) is 4.72. The van der Waals surface area contributed by atoms with E-state index in [1.807, 2.05) is 32.9 Å². The lowest BCUT2D eigenvalue weighted by Crippen LogP contribution is -2.47. The molecular weight excluding hydrogens is 390 g/mol. The lowest BCUT2D eigenvalue weighted by Gasteiger charge is -2.37. The van der Waals surface area contributed by atoms with Crippen LogP contribution in [0, 0.1) is 0 Å². The van der Waals surface area contributed by atoms with Gasteiger partial charge in [0.15, 0.2) is 0 Å². The number of carbonyl (C=O) groups excluding carboxylic acids is 2. The number of aliphatic hydroxyl groups is 1. The molecule has 2 atom stereocenters. The normalized spacial score (nSPS) is 21.0. The minimum absolute atomic E-state index is 0.110. The summed E-state index contributed by atoms with van der Waals surface area (Å²) in [4.78, 5) is 25.3. The second-order valence-electron chi connectivity index (χ2n) is 7.12. The number of piperidine rings is 1. The van der Waals surface area contributed by atoms with Gasteiger partial charge in [-0.05, 0) is 60.8 Å². The molecule has 138 valence electrons. The number of halogens is 1. The standard InChI is InChI=1S/C18H24BrNO5/c1-18(2,3)25-17(23)20-8-7-12(15(21)10-20)11-5-6-13(14(19)9-11)16(22)24-4/h5-6,9,12,15,21H,7-8,10H2,1-4H3. The number of likely N-dealkylation sites (tertiary alicyclic amines) is 1. The van der Waals surface area contributed by atoms with Crippen LogP contribution in [-0.2, 0) is 9.47 Å². The molecular formula is C18H24BrNO5. The molecule has 0 radical (unpaired) electrons. The van der Waals surface area contributed by atoms with Crippen molar-refractivity contribution in [2.75, 3.05) is 20.2 Å². The average Bonchev–Trinajstić information content (AvgIpc) is 2.52. The third-order valence-electron chi connectivity index (χ3n) is 4.06. The molecule has 2 unspecified atom stereocenters. The fourth-order valence-electron chi connectivity index (χ4n) is 2.85. The number of aliphatic hydroxyl groups excluding tert-OH is 1. The summed E-state index contributed by atoms with van der Waals surface area (Å²) in [6.07, 6.45) is -0.492. The summed E-state index contributed by atoms with van der Waals surface area (Å²) >= 11 is 3.38. The van der Waals surface area contributed by atoms with Crippen LogP contribution in [0.2, 0.25) is 0 Å². The SMILES string of the molecule is COC(=O)c1ccc(C2CCN(C(=O)OC(C)(C)C)CC2O)cc1Br. The molecule has 1 aromatic rings. The molecule has 0 spiro atoms. The van der Waals surface area contributed by atoms with Crippen LogP contribution in [0.15, 0.2) is 22.7 Å². The summed E-state index contributed by atoms with van der Waals surface area (Å²) in [5.74, 6) is -0.527. The molecule has 1 aliphatic heterocycles. The zero-order chi connectivity index (χ0) is 18.8. The molecule has 1 heterocycles. The number of amides is 1. The molecule has 1 amide bonds. The first kappa shape index (κ1) is 19.7. The van der Waals surface area contributed by atoms with Crippen LogP contribution in [-0.4, -0.2) is 54.0 Å². The van der Waals surface area contributed by atoms with E-state index >= 15 is 0 Å². The highest BCUT2D eigenvalue weighted by atomic mass is 79.9.